The van der Waals surface area contributed by atoms with E-state index in [0.717, 1.165) is 4.47 Å². The third-order valence-corrected chi connectivity index (χ3v) is 3.05. The molecule has 0 saturated carbocycles. The van der Waals surface area contributed by atoms with Gasteiger partial charge in [0.25, 0.3) is 5.91 Å². The molecular formula is C13H16BrNO4. The fraction of sp³-hybridized carbons (Fsp3) is 0.385. The fourth-order valence-corrected chi connectivity index (χ4v) is 1.66. The highest BCUT2D eigenvalue weighted by atomic mass is 79.9. The average molecular weight is 330 g/mol. The number of hydrogen-bond donors (Lipinski definition) is 2. The zero-order chi connectivity index (χ0) is 14.4. The third-order valence-electron chi connectivity index (χ3n) is 2.52. The lowest BCUT2D eigenvalue weighted by Gasteiger charge is -2.17. The van der Waals surface area contributed by atoms with Gasteiger partial charge in [0.1, 0.15) is 11.8 Å². The number of carbonyl (C=O) groups excluding carboxylic acids is 1. The number of amides is 1. The number of halogens is 1. The van der Waals surface area contributed by atoms with Crippen LogP contribution in [0.2, 0.25) is 0 Å². The summed E-state index contributed by atoms with van der Waals surface area (Å²) in [5.41, 5.74) is 0. The lowest BCUT2D eigenvalue weighted by atomic mass is 10.2. The van der Waals surface area contributed by atoms with Crippen LogP contribution in [0.3, 0.4) is 0 Å². The molecule has 0 aliphatic heterocycles. The van der Waals surface area contributed by atoms with E-state index in [1.807, 2.05) is 0 Å². The molecule has 1 amide bonds. The van der Waals surface area contributed by atoms with Gasteiger partial charge >= 0.3 is 5.97 Å². The minimum atomic E-state index is -1.05. The number of carboxylic acid groups (broad SMARTS) is 1. The van der Waals surface area contributed by atoms with Crippen LogP contribution in [-0.4, -0.2) is 29.1 Å². The quantitative estimate of drug-likeness (QED) is 0.838. The first kappa shape index (κ1) is 15.5. The maximum atomic E-state index is 11.8. The van der Waals surface area contributed by atoms with Crippen molar-refractivity contribution in [3.63, 3.8) is 0 Å². The number of nitrogens with one attached hydrogen (secondary N) is 1. The Morgan fingerprint density at radius 1 is 1.37 bits per heavy atom. The molecule has 1 aromatic rings. The van der Waals surface area contributed by atoms with E-state index in [1.54, 1.807) is 38.1 Å². The van der Waals surface area contributed by atoms with E-state index in [1.165, 1.54) is 0 Å². The molecule has 0 spiro atoms. The first-order valence-electron chi connectivity index (χ1n) is 5.89. The number of carboxylic acids is 1. The van der Waals surface area contributed by atoms with Crippen LogP contribution in [0, 0.1) is 0 Å². The van der Waals surface area contributed by atoms with Crippen molar-refractivity contribution in [2.24, 2.45) is 0 Å². The molecular weight excluding hydrogens is 314 g/mol. The first-order chi connectivity index (χ1) is 8.93. The zero-order valence-corrected chi connectivity index (χ0v) is 12.3. The fourth-order valence-electron chi connectivity index (χ4n) is 1.40. The third kappa shape index (κ3) is 4.90. The maximum Gasteiger partial charge on any atom is 0.326 e. The Hall–Kier alpha value is -1.56. The van der Waals surface area contributed by atoms with Crippen molar-refractivity contribution < 1.29 is 19.4 Å². The van der Waals surface area contributed by atoms with Gasteiger partial charge in [0.05, 0.1) is 0 Å². The SMILES string of the molecule is CC[C@@H](NC(=O)C(C)Oc1ccc(Br)cc1)C(=O)O. The number of aliphatic carboxylic acids is 1. The Kier molecular flexibility index (Phi) is 5.82. The molecule has 0 bridgehead atoms. The summed E-state index contributed by atoms with van der Waals surface area (Å²) in [6, 6.07) is 6.16. The van der Waals surface area contributed by atoms with Crippen molar-refractivity contribution >= 4 is 27.8 Å². The molecule has 19 heavy (non-hydrogen) atoms. The van der Waals surface area contributed by atoms with E-state index < -0.39 is 24.0 Å². The van der Waals surface area contributed by atoms with E-state index in [-0.39, 0.29) is 0 Å². The summed E-state index contributed by atoms with van der Waals surface area (Å²) in [6.45, 7) is 3.27. The van der Waals surface area contributed by atoms with Gasteiger partial charge in [-0.15, -0.1) is 0 Å². The molecule has 0 aliphatic rings. The predicted molar refractivity (Wildman–Crippen MR) is 74.1 cm³/mol. The van der Waals surface area contributed by atoms with Crippen molar-refractivity contribution in [1.82, 2.24) is 5.32 Å². The molecule has 5 nitrogen and oxygen atoms in total. The van der Waals surface area contributed by atoms with Crippen LogP contribution in [0.25, 0.3) is 0 Å². The number of carbonyl (C=O) groups is 2. The van der Waals surface area contributed by atoms with E-state index in [0.29, 0.717) is 12.2 Å². The highest BCUT2D eigenvalue weighted by Crippen LogP contribution is 2.17. The Bertz CT molecular complexity index is 446. The minimum Gasteiger partial charge on any atom is -0.481 e. The normalized spacial score (nSPS) is 13.4. The van der Waals surface area contributed by atoms with Gasteiger partial charge in [-0.25, -0.2) is 4.79 Å². The second kappa shape index (κ2) is 7.13. The van der Waals surface area contributed by atoms with Crippen LogP contribution < -0.4 is 10.1 Å². The van der Waals surface area contributed by atoms with Crippen LogP contribution in [0.15, 0.2) is 28.7 Å². The lowest BCUT2D eigenvalue weighted by molar-refractivity contribution is -0.143. The Morgan fingerprint density at radius 2 is 1.95 bits per heavy atom. The summed E-state index contributed by atoms with van der Waals surface area (Å²) in [5, 5.41) is 11.3. The molecule has 0 aliphatic carbocycles. The standard InChI is InChI=1S/C13H16BrNO4/c1-3-11(13(17)18)15-12(16)8(2)19-10-6-4-9(14)5-7-10/h4-8,11H,3H2,1-2H3,(H,15,16)(H,17,18)/t8?,11-/m1/s1. The Labute approximate surface area is 120 Å². The van der Waals surface area contributed by atoms with Gasteiger partial charge in [0.15, 0.2) is 6.10 Å². The second-order valence-electron chi connectivity index (χ2n) is 4.02. The molecule has 0 aromatic heterocycles. The van der Waals surface area contributed by atoms with Crippen LogP contribution in [0.4, 0.5) is 0 Å². The summed E-state index contributed by atoms with van der Waals surface area (Å²) in [6.07, 6.45) is -0.430. The molecule has 1 aromatic carbocycles. The molecule has 2 atom stereocenters. The summed E-state index contributed by atoms with van der Waals surface area (Å²) >= 11 is 3.30. The summed E-state index contributed by atoms with van der Waals surface area (Å²) in [4.78, 5) is 22.6. The predicted octanol–water partition coefficient (Wildman–Crippen LogP) is 2.20. The number of hydrogen-bond acceptors (Lipinski definition) is 3. The molecule has 104 valence electrons. The van der Waals surface area contributed by atoms with Crippen molar-refractivity contribution in [2.75, 3.05) is 0 Å². The second-order valence-corrected chi connectivity index (χ2v) is 4.94. The van der Waals surface area contributed by atoms with Gasteiger partial charge in [-0.1, -0.05) is 22.9 Å². The van der Waals surface area contributed by atoms with Crippen molar-refractivity contribution in [3.8, 4) is 5.75 Å². The average Bonchev–Trinajstić information content (AvgIpc) is 2.37. The highest BCUT2D eigenvalue weighted by molar-refractivity contribution is 9.10. The molecule has 1 rings (SSSR count). The van der Waals surface area contributed by atoms with E-state index in [4.69, 9.17) is 9.84 Å². The Morgan fingerprint density at radius 3 is 2.42 bits per heavy atom. The first-order valence-corrected chi connectivity index (χ1v) is 6.68. The van der Waals surface area contributed by atoms with Crippen LogP contribution >= 0.6 is 15.9 Å². The maximum absolute atomic E-state index is 11.8. The summed E-state index contributed by atoms with van der Waals surface area (Å²) in [5.74, 6) is -0.946. The van der Waals surface area contributed by atoms with Crippen LogP contribution in [-0.2, 0) is 9.59 Å². The van der Waals surface area contributed by atoms with Gasteiger partial charge in [-0.3, -0.25) is 4.79 Å². The van der Waals surface area contributed by atoms with Crippen molar-refractivity contribution in [2.45, 2.75) is 32.4 Å². The molecule has 0 radical (unpaired) electrons. The topological polar surface area (TPSA) is 75.6 Å². The van der Waals surface area contributed by atoms with Crippen molar-refractivity contribution in [3.05, 3.63) is 28.7 Å². The lowest BCUT2D eigenvalue weighted by Crippen LogP contribution is -2.45. The van der Waals surface area contributed by atoms with Gasteiger partial charge in [-0.05, 0) is 37.6 Å². The van der Waals surface area contributed by atoms with Crippen molar-refractivity contribution in [1.29, 1.82) is 0 Å². The largest absolute Gasteiger partial charge is 0.481 e. The van der Waals surface area contributed by atoms with Gasteiger partial charge < -0.3 is 15.2 Å². The molecule has 0 saturated heterocycles. The van der Waals surface area contributed by atoms with E-state index >= 15 is 0 Å². The molecule has 2 N–H and O–H groups in total. The van der Waals surface area contributed by atoms with E-state index in [9.17, 15) is 9.59 Å². The smallest absolute Gasteiger partial charge is 0.326 e. The number of ether oxygens (including phenoxy) is 1. The van der Waals surface area contributed by atoms with Gasteiger partial charge in [0.2, 0.25) is 0 Å². The summed E-state index contributed by atoms with van der Waals surface area (Å²) < 4.78 is 6.34. The molecule has 0 heterocycles. The number of rotatable bonds is 6. The Balaban J connectivity index is 2.57. The number of benzene rings is 1. The zero-order valence-electron chi connectivity index (χ0n) is 10.7. The van der Waals surface area contributed by atoms with Gasteiger partial charge in [-0.2, -0.15) is 0 Å². The minimum absolute atomic E-state index is 0.325. The van der Waals surface area contributed by atoms with Gasteiger partial charge in [0, 0.05) is 4.47 Å². The van der Waals surface area contributed by atoms with E-state index in [2.05, 4.69) is 21.2 Å². The monoisotopic (exact) mass is 329 g/mol. The summed E-state index contributed by atoms with van der Waals surface area (Å²) in [7, 11) is 0. The molecule has 6 heteroatoms. The van der Waals surface area contributed by atoms with Crippen LogP contribution in [0.1, 0.15) is 20.3 Å². The molecule has 1 unspecified atom stereocenters. The highest BCUT2D eigenvalue weighted by Gasteiger charge is 2.22. The molecule has 0 fully saturated rings. The van der Waals surface area contributed by atoms with Crippen LogP contribution in [0.5, 0.6) is 5.75 Å².